The molecule has 124 valence electrons. The average Bonchev–Trinajstić information content (AvgIpc) is 2.63. The van der Waals surface area contributed by atoms with Crippen LogP contribution in [0.1, 0.15) is 11.3 Å². The van der Waals surface area contributed by atoms with E-state index in [1.807, 2.05) is 24.3 Å². The summed E-state index contributed by atoms with van der Waals surface area (Å²) in [6.45, 7) is 4.36. The smallest absolute Gasteiger partial charge is 0.158 e. The highest BCUT2D eigenvalue weighted by molar-refractivity contribution is 6.30. The van der Waals surface area contributed by atoms with Gasteiger partial charge in [-0.1, -0.05) is 11.6 Å². The zero-order chi connectivity index (χ0) is 16.9. The maximum Gasteiger partial charge on any atom is 0.158 e. The molecule has 1 saturated heterocycles. The first-order valence-electron chi connectivity index (χ1n) is 7.71. The lowest BCUT2D eigenvalue weighted by Crippen LogP contribution is -2.46. The van der Waals surface area contributed by atoms with Gasteiger partial charge in [-0.25, -0.2) is 9.97 Å². The Morgan fingerprint density at radius 2 is 2.00 bits per heavy atom. The number of methoxy groups -OCH3 is 1. The molecular weight excluding hydrogens is 326 g/mol. The quantitative estimate of drug-likeness (QED) is 0.849. The third-order valence-electron chi connectivity index (χ3n) is 4.09. The van der Waals surface area contributed by atoms with E-state index >= 15 is 0 Å². The molecule has 6 nitrogen and oxygen atoms in total. The van der Waals surface area contributed by atoms with Crippen LogP contribution in [0.2, 0.25) is 5.02 Å². The standard InChI is InChI=1S/C17H18ClN5O/c1-24-16-3-2-14(18)8-13(16)12-22-4-6-23(7-5-22)17-11-20-15(9-19)10-21-17/h2-3,8,10-11H,4-7,12H2,1H3. The van der Waals surface area contributed by atoms with E-state index < -0.39 is 0 Å². The number of rotatable bonds is 4. The van der Waals surface area contributed by atoms with E-state index in [1.165, 1.54) is 6.20 Å². The topological polar surface area (TPSA) is 65.3 Å². The van der Waals surface area contributed by atoms with E-state index in [1.54, 1.807) is 13.3 Å². The number of nitrogens with zero attached hydrogens (tertiary/aromatic N) is 5. The number of aromatic nitrogens is 2. The average molecular weight is 344 g/mol. The number of hydrogen-bond donors (Lipinski definition) is 0. The number of ether oxygens (including phenoxy) is 1. The zero-order valence-electron chi connectivity index (χ0n) is 13.4. The molecule has 1 aromatic carbocycles. The van der Waals surface area contributed by atoms with Gasteiger partial charge in [-0.05, 0) is 18.2 Å². The number of benzene rings is 1. The van der Waals surface area contributed by atoms with Gasteiger partial charge in [0.05, 0.1) is 19.5 Å². The van der Waals surface area contributed by atoms with Crippen LogP contribution in [0.15, 0.2) is 30.6 Å². The fraction of sp³-hybridized carbons (Fsp3) is 0.353. The normalized spacial score (nSPS) is 15.1. The number of hydrogen-bond acceptors (Lipinski definition) is 6. The Morgan fingerprint density at radius 3 is 2.62 bits per heavy atom. The second kappa shape index (κ2) is 7.47. The highest BCUT2D eigenvalue weighted by atomic mass is 35.5. The number of nitriles is 1. The molecule has 1 aliphatic heterocycles. The Balaban J connectivity index is 1.61. The van der Waals surface area contributed by atoms with Crippen LogP contribution < -0.4 is 9.64 Å². The fourth-order valence-corrected chi connectivity index (χ4v) is 2.98. The summed E-state index contributed by atoms with van der Waals surface area (Å²) < 4.78 is 5.41. The zero-order valence-corrected chi connectivity index (χ0v) is 14.2. The van der Waals surface area contributed by atoms with Crippen molar-refractivity contribution in [1.82, 2.24) is 14.9 Å². The first-order valence-corrected chi connectivity index (χ1v) is 8.09. The maximum absolute atomic E-state index is 8.78. The lowest BCUT2D eigenvalue weighted by Gasteiger charge is -2.35. The lowest BCUT2D eigenvalue weighted by atomic mass is 10.1. The number of anilines is 1. The molecule has 0 N–H and O–H groups in total. The van der Waals surface area contributed by atoms with Gasteiger partial charge >= 0.3 is 0 Å². The van der Waals surface area contributed by atoms with Gasteiger partial charge in [-0.2, -0.15) is 5.26 Å². The molecule has 0 unspecified atom stereocenters. The van der Waals surface area contributed by atoms with Crippen LogP contribution in [0.25, 0.3) is 0 Å². The Kier molecular flexibility index (Phi) is 5.14. The molecule has 0 amide bonds. The van der Waals surface area contributed by atoms with Gasteiger partial charge < -0.3 is 9.64 Å². The molecule has 3 rings (SSSR count). The first-order chi connectivity index (χ1) is 11.7. The van der Waals surface area contributed by atoms with Crippen LogP contribution in [-0.4, -0.2) is 48.2 Å². The molecular formula is C17H18ClN5O. The van der Waals surface area contributed by atoms with Crippen molar-refractivity contribution in [2.45, 2.75) is 6.54 Å². The largest absolute Gasteiger partial charge is 0.496 e. The number of piperazine rings is 1. The second-order valence-electron chi connectivity index (χ2n) is 5.59. The molecule has 0 aliphatic carbocycles. The molecule has 2 aromatic rings. The summed E-state index contributed by atoms with van der Waals surface area (Å²) in [6.07, 6.45) is 3.17. The molecule has 0 radical (unpaired) electrons. The second-order valence-corrected chi connectivity index (χ2v) is 6.03. The summed E-state index contributed by atoms with van der Waals surface area (Å²) in [4.78, 5) is 12.9. The molecule has 1 fully saturated rings. The van der Waals surface area contributed by atoms with Crippen molar-refractivity contribution in [1.29, 1.82) is 5.26 Å². The van der Waals surface area contributed by atoms with E-state index in [2.05, 4.69) is 19.8 Å². The minimum atomic E-state index is 0.338. The van der Waals surface area contributed by atoms with Crippen molar-refractivity contribution < 1.29 is 4.74 Å². The third kappa shape index (κ3) is 3.75. The van der Waals surface area contributed by atoms with E-state index in [9.17, 15) is 0 Å². The minimum Gasteiger partial charge on any atom is -0.496 e. The summed E-state index contributed by atoms with van der Waals surface area (Å²) in [5, 5.41) is 9.50. The van der Waals surface area contributed by atoms with Crippen LogP contribution in [0, 0.1) is 11.3 Å². The first kappa shape index (κ1) is 16.5. The minimum absolute atomic E-state index is 0.338. The summed E-state index contributed by atoms with van der Waals surface area (Å²) in [5.41, 5.74) is 1.43. The lowest BCUT2D eigenvalue weighted by molar-refractivity contribution is 0.245. The van der Waals surface area contributed by atoms with Gasteiger partial charge in [0.25, 0.3) is 0 Å². The Bertz CT molecular complexity index is 736. The van der Waals surface area contributed by atoms with Crippen molar-refractivity contribution in [2.24, 2.45) is 0 Å². The molecule has 24 heavy (non-hydrogen) atoms. The summed E-state index contributed by atoms with van der Waals surface area (Å²) in [7, 11) is 1.67. The Morgan fingerprint density at radius 1 is 1.21 bits per heavy atom. The van der Waals surface area contributed by atoms with Gasteiger partial charge in [0.2, 0.25) is 0 Å². The molecule has 2 heterocycles. The SMILES string of the molecule is COc1ccc(Cl)cc1CN1CCN(c2cnc(C#N)cn2)CC1. The van der Waals surface area contributed by atoms with Crippen LogP contribution >= 0.6 is 11.6 Å². The predicted octanol–water partition coefficient (Wildman–Crippen LogP) is 2.33. The van der Waals surface area contributed by atoms with Crippen molar-refractivity contribution in [2.75, 3.05) is 38.2 Å². The van der Waals surface area contributed by atoms with Gasteiger partial charge in [0, 0.05) is 43.3 Å². The van der Waals surface area contributed by atoms with Crippen LogP contribution in [0.4, 0.5) is 5.82 Å². The summed E-state index contributed by atoms with van der Waals surface area (Å²) >= 11 is 6.10. The summed E-state index contributed by atoms with van der Waals surface area (Å²) in [6, 6.07) is 7.68. The van der Waals surface area contributed by atoms with Gasteiger partial charge in [0.1, 0.15) is 17.6 Å². The highest BCUT2D eigenvalue weighted by Gasteiger charge is 2.19. The van der Waals surface area contributed by atoms with E-state index in [0.29, 0.717) is 5.69 Å². The summed E-state index contributed by atoms with van der Waals surface area (Å²) in [5.74, 6) is 1.67. The number of halogens is 1. The Hall–Kier alpha value is -2.36. The van der Waals surface area contributed by atoms with Crippen molar-refractivity contribution in [3.05, 3.63) is 46.9 Å². The van der Waals surface area contributed by atoms with E-state index in [-0.39, 0.29) is 0 Å². The van der Waals surface area contributed by atoms with Crippen LogP contribution in [0.5, 0.6) is 5.75 Å². The van der Waals surface area contributed by atoms with Gasteiger partial charge in [-0.15, -0.1) is 0 Å². The molecule has 0 bridgehead atoms. The van der Waals surface area contributed by atoms with Crippen molar-refractivity contribution in [3.63, 3.8) is 0 Å². The predicted molar refractivity (Wildman–Crippen MR) is 92.2 cm³/mol. The molecule has 0 atom stereocenters. The monoisotopic (exact) mass is 343 g/mol. The molecule has 0 spiro atoms. The molecule has 1 aliphatic rings. The van der Waals surface area contributed by atoms with Crippen molar-refractivity contribution >= 4 is 17.4 Å². The third-order valence-corrected chi connectivity index (χ3v) is 4.32. The van der Waals surface area contributed by atoms with Gasteiger partial charge in [0.15, 0.2) is 5.69 Å². The maximum atomic E-state index is 8.78. The van der Waals surface area contributed by atoms with E-state index in [4.69, 9.17) is 21.6 Å². The molecule has 1 aromatic heterocycles. The van der Waals surface area contributed by atoms with Gasteiger partial charge in [-0.3, -0.25) is 4.90 Å². The van der Waals surface area contributed by atoms with Crippen LogP contribution in [0.3, 0.4) is 0 Å². The van der Waals surface area contributed by atoms with Crippen molar-refractivity contribution in [3.8, 4) is 11.8 Å². The van der Waals surface area contributed by atoms with E-state index in [0.717, 1.165) is 54.9 Å². The fourth-order valence-electron chi connectivity index (χ4n) is 2.79. The van der Waals surface area contributed by atoms with Crippen LogP contribution in [-0.2, 0) is 6.54 Å². The Labute approximate surface area is 146 Å². The highest BCUT2D eigenvalue weighted by Crippen LogP contribution is 2.24. The molecule has 7 heteroatoms. The molecule has 0 saturated carbocycles.